The van der Waals surface area contributed by atoms with E-state index in [4.69, 9.17) is 0 Å². The Kier molecular flexibility index (Phi) is 6.95. The van der Waals surface area contributed by atoms with Gasteiger partial charge in [-0.2, -0.15) is 23.8 Å². The Morgan fingerprint density at radius 3 is 2.33 bits per heavy atom. The van der Waals surface area contributed by atoms with Gasteiger partial charge in [-0.25, -0.2) is 0 Å². The summed E-state index contributed by atoms with van der Waals surface area (Å²) in [5.74, 6) is 0. The van der Waals surface area contributed by atoms with Gasteiger partial charge in [-0.1, -0.05) is 24.8 Å². The molecule has 0 unspecified atom stereocenters. The molecular weight excluding hydrogens is 177 g/mol. The van der Waals surface area contributed by atoms with Crippen LogP contribution in [0.4, 0.5) is 5.69 Å². The summed E-state index contributed by atoms with van der Waals surface area (Å²) in [5.41, 5.74) is 2.39. The molecule has 0 aliphatic heterocycles. The first-order valence-electron chi connectivity index (χ1n) is 4.72. The molecule has 2 heteroatoms. The van der Waals surface area contributed by atoms with Crippen LogP contribution >= 0.6 is 0 Å². The van der Waals surface area contributed by atoms with Gasteiger partial charge in [0.2, 0.25) is 0 Å². The Morgan fingerprint density at radius 2 is 1.87 bits per heavy atom. The summed E-state index contributed by atoms with van der Waals surface area (Å²) >= 11 is 0. The van der Waals surface area contributed by atoms with E-state index < -0.39 is 0 Å². The number of anilines is 1. The third-order valence-electron chi connectivity index (χ3n) is 1.98. The minimum Gasteiger partial charge on any atom is -0.417 e. The topological polar surface area (TPSA) is 3.24 Å². The normalized spacial score (nSPS) is 8.87. The van der Waals surface area contributed by atoms with E-state index in [1.165, 1.54) is 11.3 Å². The first-order valence-corrected chi connectivity index (χ1v) is 4.72. The van der Waals surface area contributed by atoms with Crippen LogP contribution < -0.4 is 23.8 Å². The fourth-order valence-corrected chi connectivity index (χ4v) is 1.35. The number of hydrogen-bond donors (Lipinski definition) is 0. The first-order chi connectivity index (χ1) is 6.77. The van der Waals surface area contributed by atoms with Crippen molar-refractivity contribution in [2.75, 3.05) is 18.0 Å². The Balaban J connectivity index is 0.00000196. The Morgan fingerprint density at radius 1 is 1.27 bits per heavy atom. The van der Waals surface area contributed by atoms with E-state index in [1.54, 1.807) is 0 Å². The molecular formula is C13H16LiN. The van der Waals surface area contributed by atoms with Crippen LogP contribution in [0.15, 0.2) is 43.5 Å². The van der Waals surface area contributed by atoms with Crippen LogP contribution in [0.1, 0.15) is 5.56 Å². The number of rotatable bonds is 5. The van der Waals surface area contributed by atoms with Gasteiger partial charge in [0.1, 0.15) is 0 Å². The van der Waals surface area contributed by atoms with Crippen LogP contribution in [0.3, 0.4) is 0 Å². The summed E-state index contributed by atoms with van der Waals surface area (Å²) in [6.45, 7) is 11.2. The summed E-state index contributed by atoms with van der Waals surface area (Å²) in [6, 6.07) is 9.22. The van der Waals surface area contributed by atoms with Crippen LogP contribution in [0.2, 0.25) is 0 Å². The van der Waals surface area contributed by atoms with Gasteiger partial charge < -0.3 is 4.90 Å². The maximum atomic E-state index is 3.74. The van der Waals surface area contributed by atoms with E-state index in [1.807, 2.05) is 24.3 Å². The SMILES string of the molecule is C=CCN(CC=C)c1c[c-]cc(C)c1.[Li+]. The molecule has 1 aromatic rings. The second kappa shape index (κ2) is 7.40. The molecule has 0 saturated heterocycles. The minimum atomic E-state index is 0. The smallest absolute Gasteiger partial charge is 0.417 e. The van der Waals surface area contributed by atoms with Crippen molar-refractivity contribution in [3.8, 4) is 0 Å². The van der Waals surface area contributed by atoms with Gasteiger partial charge in [0, 0.05) is 13.1 Å². The van der Waals surface area contributed by atoms with Gasteiger partial charge in [0.15, 0.2) is 0 Å². The zero-order valence-corrected chi connectivity index (χ0v) is 9.66. The molecule has 0 amide bonds. The fraction of sp³-hybridized carbons (Fsp3) is 0.231. The van der Waals surface area contributed by atoms with E-state index in [0.717, 1.165) is 13.1 Å². The molecule has 0 aromatic heterocycles. The molecule has 0 N–H and O–H groups in total. The fourth-order valence-electron chi connectivity index (χ4n) is 1.35. The minimum absolute atomic E-state index is 0. The predicted molar refractivity (Wildman–Crippen MR) is 62.6 cm³/mol. The maximum absolute atomic E-state index is 3.74. The van der Waals surface area contributed by atoms with Gasteiger partial charge in [0.05, 0.1) is 0 Å². The van der Waals surface area contributed by atoms with E-state index in [0.29, 0.717) is 0 Å². The van der Waals surface area contributed by atoms with Crippen molar-refractivity contribution in [3.05, 3.63) is 55.1 Å². The molecule has 0 aliphatic carbocycles. The van der Waals surface area contributed by atoms with Crippen LogP contribution in [-0.2, 0) is 0 Å². The predicted octanol–water partition coefficient (Wildman–Crippen LogP) is -0.0224. The maximum Gasteiger partial charge on any atom is 1.00 e. The Bertz CT molecular complexity index is 310. The monoisotopic (exact) mass is 193 g/mol. The van der Waals surface area contributed by atoms with Crippen molar-refractivity contribution in [2.45, 2.75) is 6.92 Å². The molecule has 0 heterocycles. The van der Waals surface area contributed by atoms with Crippen LogP contribution in [0.5, 0.6) is 0 Å². The van der Waals surface area contributed by atoms with Crippen LogP contribution in [0, 0.1) is 13.0 Å². The average molecular weight is 193 g/mol. The molecule has 74 valence electrons. The second-order valence-electron chi connectivity index (χ2n) is 3.25. The summed E-state index contributed by atoms with van der Waals surface area (Å²) in [7, 11) is 0. The van der Waals surface area contributed by atoms with Crippen molar-refractivity contribution in [3.63, 3.8) is 0 Å². The molecule has 1 rings (SSSR count). The number of nitrogens with zero attached hydrogens (tertiary/aromatic N) is 1. The molecule has 15 heavy (non-hydrogen) atoms. The summed E-state index contributed by atoms with van der Waals surface area (Å²) in [4.78, 5) is 2.20. The molecule has 1 aromatic carbocycles. The molecule has 0 spiro atoms. The molecule has 0 aliphatic rings. The average Bonchev–Trinajstić information content (AvgIpc) is 2.17. The van der Waals surface area contributed by atoms with E-state index in [-0.39, 0.29) is 18.9 Å². The van der Waals surface area contributed by atoms with Crippen LogP contribution in [0.25, 0.3) is 0 Å². The molecule has 0 radical (unpaired) electrons. The Labute approximate surface area is 105 Å². The van der Waals surface area contributed by atoms with Crippen molar-refractivity contribution in [1.29, 1.82) is 0 Å². The number of aryl methyl sites for hydroxylation is 1. The molecule has 0 fully saturated rings. The standard InChI is InChI=1S/C13H16N.Li/c1-4-9-14(10-5-2)13-8-6-7-12(3)11-13;/h4-5,7-8,11H,1-2,9-10H2,3H3;/q-1;+1. The van der Waals surface area contributed by atoms with Crippen LogP contribution in [-0.4, -0.2) is 13.1 Å². The van der Waals surface area contributed by atoms with Gasteiger partial charge in [-0.05, 0) is 0 Å². The van der Waals surface area contributed by atoms with Gasteiger partial charge in [-0.15, -0.1) is 19.2 Å². The van der Waals surface area contributed by atoms with E-state index in [2.05, 4.69) is 37.1 Å². The van der Waals surface area contributed by atoms with Gasteiger partial charge in [0.25, 0.3) is 0 Å². The van der Waals surface area contributed by atoms with Gasteiger partial charge >= 0.3 is 18.9 Å². The summed E-state index contributed by atoms with van der Waals surface area (Å²) in [5, 5.41) is 0. The van der Waals surface area contributed by atoms with E-state index in [9.17, 15) is 0 Å². The Hall–Kier alpha value is -0.903. The van der Waals surface area contributed by atoms with Crippen molar-refractivity contribution in [2.24, 2.45) is 0 Å². The molecule has 0 saturated carbocycles. The summed E-state index contributed by atoms with van der Waals surface area (Å²) in [6.07, 6.45) is 3.79. The largest absolute Gasteiger partial charge is 1.00 e. The summed E-state index contributed by atoms with van der Waals surface area (Å²) < 4.78 is 0. The van der Waals surface area contributed by atoms with E-state index >= 15 is 0 Å². The van der Waals surface area contributed by atoms with Crippen molar-refractivity contribution in [1.82, 2.24) is 0 Å². The molecule has 0 bridgehead atoms. The third kappa shape index (κ3) is 4.42. The zero-order valence-electron chi connectivity index (χ0n) is 9.66. The van der Waals surface area contributed by atoms with Crippen molar-refractivity contribution >= 4 is 5.69 Å². The third-order valence-corrected chi connectivity index (χ3v) is 1.98. The van der Waals surface area contributed by atoms with Crippen molar-refractivity contribution < 1.29 is 18.9 Å². The van der Waals surface area contributed by atoms with Gasteiger partial charge in [-0.3, -0.25) is 0 Å². The quantitative estimate of drug-likeness (QED) is 0.361. The molecule has 1 nitrogen and oxygen atoms in total. The zero-order chi connectivity index (χ0) is 10.4. The first kappa shape index (κ1) is 14.1. The number of benzene rings is 1. The molecule has 0 atom stereocenters. The second-order valence-corrected chi connectivity index (χ2v) is 3.25. The number of hydrogen-bond acceptors (Lipinski definition) is 1.